The van der Waals surface area contributed by atoms with Crippen LogP contribution in [0.5, 0.6) is 0 Å². The number of nitrogens with one attached hydrogen (secondary N) is 3. The van der Waals surface area contributed by atoms with Crippen molar-refractivity contribution in [2.24, 2.45) is 0 Å². The van der Waals surface area contributed by atoms with E-state index in [0.29, 0.717) is 24.2 Å². The predicted octanol–water partition coefficient (Wildman–Crippen LogP) is 2.23. The van der Waals surface area contributed by atoms with Gasteiger partial charge in [-0.2, -0.15) is 0 Å². The van der Waals surface area contributed by atoms with Crippen LogP contribution in [-0.4, -0.2) is 63.0 Å². The van der Waals surface area contributed by atoms with Gasteiger partial charge in [0.05, 0.1) is 0 Å². The average molecular weight is 381 g/mol. The van der Waals surface area contributed by atoms with Gasteiger partial charge in [-0.3, -0.25) is 9.59 Å². The lowest BCUT2D eigenvalue weighted by molar-refractivity contribution is -0.118. The van der Waals surface area contributed by atoms with E-state index < -0.39 is 0 Å². The second kappa shape index (κ2) is 16.5. The molecule has 3 N–H and O–H groups in total. The van der Waals surface area contributed by atoms with Gasteiger partial charge in [-0.15, -0.1) is 0 Å². The molecule has 0 aliphatic rings. The van der Waals surface area contributed by atoms with Crippen molar-refractivity contribution in [1.82, 2.24) is 20.9 Å². The summed E-state index contributed by atoms with van der Waals surface area (Å²) in [6.45, 7) is 16.1. The number of hydrogen-bond donors (Lipinski definition) is 3. The quantitative estimate of drug-likeness (QED) is 0.267. The highest BCUT2D eigenvalue weighted by Gasteiger charge is 2.02. The summed E-state index contributed by atoms with van der Waals surface area (Å²) < 4.78 is 0. The molecule has 2 amide bonds. The minimum Gasteiger partial charge on any atom is -0.352 e. The Kier molecular flexibility index (Phi) is 15.5. The molecular formula is C21H40N4O2. The topological polar surface area (TPSA) is 73.5 Å². The highest BCUT2D eigenvalue weighted by Crippen LogP contribution is 2.01. The Hall–Kier alpha value is -1.66. The first-order valence-corrected chi connectivity index (χ1v) is 10.1. The first-order chi connectivity index (χ1) is 12.8. The molecule has 0 fully saturated rings. The monoisotopic (exact) mass is 380 g/mol. The standard InChI is InChI=1S/C21H40N4O2/c1-18(2)20(26)23-14-10-13-22-12-8-6-7-9-16-25(5)17-11-15-24-21(27)19(3)4/h22H,1,3,6-17H2,2,4-5H3,(H,23,26)(H,24,27). The van der Waals surface area contributed by atoms with Crippen LogP contribution in [0.1, 0.15) is 52.4 Å². The van der Waals surface area contributed by atoms with E-state index in [-0.39, 0.29) is 11.8 Å². The lowest BCUT2D eigenvalue weighted by atomic mass is 10.2. The van der Waals surface area contributed by atoms with Crippen molar-refractivity contribution in [3.05, 3.63) is 24.3 Å². The lowest BCUT2D eigenvalue weighted by Crippen LogP contribution is -2.28. The molecule has 0 radical (unpaired) electrons. The molecule has 0 heterocycles. The lowest BCUT2D eigenvalue weighted by Gasteiger charge is -2.16. The fourth-order valence-electron chi connectivity index (χ4n) is 2.49. The van der Waals surface area contributed by atoms with Gasteiger partial charge < -0.3 is 20.9 Å². The first-order valence-electron chi connectivity index (χ1n) is 10.1. The summed E-state index contributed by atoms with van der Waals surface area (Å²) in [6, 6.07) is 0. The highest BCUT2D eigenvalue weighted by molar-refractivity contribution is 5.92. The van der Waals surface area contributed by atoms with Crippen LogP contribution in [-0.2, 0) is 9.59 Å². The minimum absolute atomic E-state index is 0.0529. The van der Waals surface area contributed by atoms with Crippen LogP contribution >= 0.6 is 0 Å². The van der Waals surface area contributed by atoms with E-state index in [2.05, 4.69) is 41.1 Å². The fourth-order valence-corrected chi connectivity index (χ4v) is 2.49. The Bertz CT molecular complexity index is 463. The van der Waals surface area contributed by atoms with Gasteiger partial charge >= 0.3 is 0 Å². The molecule has 0 aromatic heterocycles. The maximum absolute atomic E-state index is 11.4. The van der Waals surface area contributed by atoms with Crippen molar-refractivity contribution in [2.75, 3.05) is 46.3 Å². The van der Waals surface area contributed by atoms with Crippen LogP contribution in [0.15, 0.2) is 24.3 Å². The van der Waals surface area contributed by atoms with Crippen LogP contribution < -0.4 is 16.0 Å². The average Bonchev–Trinajstić information content (AvgIpc) is 2.62. The minimum atomic E-state index is -0.0587. The molecule has 0 aromatic carbocycles. The molecule has 0 aliphatic heterocycles. The van der Waals surface area contributed by atoms with E-state index in [1.807, 2.05) is 0 Å². The second-order valence-electron chi connectivity index (χ2n) is 7.25. The smallest absolute Gasteiger partial charge is 0.246 e. The number of rotatable bonds is 17. The zero-order valence-corrected chi connectivity index (χ0v) is 17.7. The molecular weight excluding hydrogens is 340 g/mol. The Labute approximate surface area is 165 Å². The number of carbonyl (C=O) groups is 2. The van der Waals surface area contributed by atoms with E-state index in [1.54, 1.807) is 13.8 Å². The molecule has 0 aromatic rings. The van der Waals surface area contributed by atoms with Gasteiger partial charge in [0.25, 0.3) is 0 Å². The summed E-state index contributed by atoms with van der Waals surface area (Å²) in [5, 5.41) is 9.11. The summed E-state index contributed by atoms with van der Waals surface area (Å²) in [6.07, 6.45) is 6.79. The van der Waals surface area contributed by atoms with Gasteiger partial charge in [0, 0.05) is 24.2 Å². The number of unbranched alkanes of at least 4 members (excludes halogenated alkanes) is 3. The van der Waals surface area contributed by atoms with Crippen LogP contribution in [0.2, 0.25) is 0 Å². The molecule has 27 heavy (non-hydrogen) atoms. The molecule has 0 aliphatic carbocycles. The fraction of sp³-hybridized carbons (Fsp3) is 0.714. The van der Waals surface area contributed by atoms with E-state index >= 15 is 0 Å². The third kappa shape index (κ3) is 16.3. The van der Waals surface area contributed by atoms with E-state index in [9.17, 15) is 9.59 Å². The van der Waals surface area contributed by atoms with Crippen molar-refractivity contribution >= 4 is 11.8 Å². The third-order valence-corrected chi connectivity index (χ3v) is 4.24. The van der Waals surface area contributed by atoms with Crippen molar-refractivity contribution < 1.29 is 9.59 Å². The molecule has 6 heteroatoms. The molecule has 0 spiro atoms. The van der Waals surface area contributed by atoms with E-state index in [0.717, 1.165) is 39.0 Å². The van der Waals surface area contributed by atoms with Crippen molar-refractivity contribution in [2.45, 2.75) is 52.4 Å². The third-order valence-electron chi connectivity index (χ3n) is 4.24. The van der Waals surface area contributed by atoms with Crippen LogP contribution in [0.25, 0.3) is 0 Å². The summed E-state index contributed by atoms with van der Waals surface area (Å²) in [4.78, 5) is 25.0. The second-order valence-corrected chi connectivity index (χ2v) is 7.25. The van der Waals surface area contributed by atoms with E-state index in [4.69, 9.17) is 0 Å². The van der Waals surface area contributed by atoms with Gasteiger partial charge in [0.15, 0.2) is 0 Å². The van der Waals surface area contributed by atoms with Crippen LogP contribution in [0, 0.1) is 0 Å². The molecule has 0 saturated carbocycles. The Balaban J connectivity index is 3.32. The van der Waals surface area contributed by atoms with Crippen molar-refractivity contribution in [3.8, 4) is 0 Å². The summed E-state index contributed by atoms with van der Waals surface area (Å²) in [5.74, 6) is -0.112. The number of carbonyl (C=O) groups excluding carboxylic acids is 2. The molecule has 0 unspecified atom stereocenters. The van der Waals surface area contributed by atoms with Gasteiger partial charge in [0.2, 0.25) is 11.8 Å². The van der Waals surface area contributed by atoms with Crippen LogP contribution in [0.3, 0.4) is 0 Å². The zero-order chi connectivity index (χ0) is 20.5. The van der Waals surface area contributed by atoms with Crippen LogP contribution in [0.4, 0.5) is 0 Å². The summed E-state index contributed by atoms with van der Waals surface area (Å²) in [7, 11) is 2.13. The summed E-state index contributed by atoms with van der Waals surface area (Å²) in [5.41, 5.74) is 1.12. The first kappa shape index (κ1) is 25.3. The van der Waals surface area contributed by atoms with Crippen molar-refractivity contribution in [3.63, 3.8) is 0 Å². The zero-order valence-electron chi connectivity index (χ0n) is 17.7. The summed E-state index contributed by atoms with van der Waals surface area (Å²) >= 11 is 0. The molecule has 0 atom stereocenters. The Morgan fingerprint density at radius 3 is 1.78 bits per heavy atom. The Morgan fingerprint density at radius 2 is 1.19 bits per heavy atom. The molecule has 0 bridgehead atoms. The maximum Gasteiger partial charge on any atom is 0.246 e. The van der Waals surface area contributed by atoms with Gasteiger partial charge in [-0.1, -0.05) is 26.0 Å². The molecule has 0 rings (SSSR count). The molecule has 6 nitrogen and oxygen atoms in total. The molecule has 156 valence electrons. The number of hydrogen-bond acceptors (Lipinski definition) is 4. The number of nitrogens with zero attached hydrogens (tertiary/aromatic N) is 1. The predicted molar refractivity (Wildman–Crippen MR) is 114 cm³/mol. The largest absolute Gasteiger partial charge is 0.352 e. The normalized spacial score (nSPS) is 10.7. The van der Waals surface area contributed by atoms with E-state index in [1.165, 1.54) is 25.7 Å². The maximum atomic E-state index is 11.4. The SMILES string of the molecule is C=C(C)C(=O)NCCCNCCCCCCN(C)CCCNC(=O)C(=C)C. The van der Waals surface area contributed by atoms with Gasteiger partial charge in [0.1, 0.15) is 0 Å². The molecule has 0 saturated heterocycles. The van der Waals surface area contributed by atoms with Gasteiger partial charge in [-0.25, -0.2) is 0 Å². The van der Waals surface area contributed by atoms with Gasteiger partial charge in [-0.05, 0) is 72.8 Å². The Morgan fingerprint density at radius 1 is 0.704 bits per heavy atom. The highest BCUT2D eigenvalue weighted by atomic mass is 16.2. The van der Waals surface area contributed by atoms with Crippen molar-refractivity contribution in [1.29, 1.82) is 0 Å². The number of amides is 2.